The average molecular weight is 154 g/mol. The van der Waals surface area contributed by atoms with E-state index in [1.807, 2.05) is 6.08 Å². The molecule has 0 saturated carbocycles. The van der Waals surface area contributed by atoms with Gasteiger partial charge in [0.05, 0.1) is 4.65 Å². The van der Waals surface area contributed by atoms with Crippen LogP contribution in [0.4, 0.5) is 0 Å². The van der Waals surface area contributed by atoms with Crippen molar-refractivity contribution in [3.63, 3.8) is 0 Å². The molecule has 0 rings (SSSR count). The first-order valence-electron chi connectivity index (χ1n) is 3.94. The number of hydrogen-bond donors (Lipinski definition) is 0. The summed E-state index contributed by atoms with van der Waals surface area (Å²) in [6.45, 7) is 2.18. The van der Waals surface area contributed by atoms with Gasteiger partial charge in [-0.1, -0.05) is 25.8 Å². The van der Waals surface area contributed by atoms with Gasteiger partial charge in [0.2, 0.25) is 0 Å². The maximum absolute atomic E-state index is 10.5. The van der Waals surface area contributed by atoms with Crippen LogP contribution in [0.25, 0.3) is 0 Å². The van der Waals surface area contributed by atoms with Crippen LogP contribution in [0.3, 0.4) is 0 Å². The van der Waals surface area contributed by atoms with E-state index in [1.165, 1.54) is 19.3 Å². The van der Waals surface area contributed by atoms with Gasteiger partial charge in [0.15, 0.2) is 0 Å². The Morgan fingerprint density at radius 1 is 1.50 bits per heavy atom. The summed E-state index contributed by atoms with van der Waals surface area (Å²) in [5.74, 6) is 0. The predicted molar refractivity (Wildman–Crippen MR) is 46.8 cm³/mol. The fraction of sp³-hybridized carbons (Fsp3) is 0.625. The molecule has 0 aliphatic carbocycles. The first kappa shape index (κ1) is 9.94. The molecule has 0 aromatic heterocycles. The molecule has 0 unspecified atom stereocenters. The minimum atomic E-state index is 0.288. The van der Waals surface area contributed by atoms with Gasteiger partial charge in [-0.25, -0.2) is 0 Å². The van der Waals surface area contributed by atoms with Gasteiger partial charge in [0.25, 0.3) is 0 Å². The third kappa shape index (κ3) is 7.94. The highest BCUT2D eigenvalue weighted by molar-refractivity contribution is 6.60. The summed E-state index contributed by atoms with van der Waals surface area (Å²) in [6, 6.07) is 0. The van der Waals surface area contributed by atoms with E-state index in [0.717, 1.165) is 6.42 Å². The van der Waals surface area contributed by atoms with Gasteiger partial charge in [-0.3, -0.25) is 0 Å². The van der Waals surface area contributed by atoms with Gasteiger partial charge >= 0.3 is 16.3 Å². The number of unbranched alkanes of at least 4 members (excludes halogenated alkanes) is 3. The Hall–Kier alpha value is -0.0575. The normalized spacial score (nSPS) is 10.5. The third-order valence-electron chi connectivity index (χ3n) is 1.33. The molecule has 0 bridgehead atoms. The van der Waals surface area contributed by atoms with Gasteiger partial charge < -0.3 is 4.79 Å². The van der Waals surface area contributed by atoms with Crippen LogP contribution in [0, 0.1) is 0 Å². The summed E-state index contributed by atoms with van der Waals surface area (Å²) in [6.07, 6.45) is 8.53. The smallest absolute Gasteiger partial charge is 0.317 e. The van der Waals surface area contributed by atoms with Crippen molar-refractivity contribution in [2.24, 2.45) is 0 Å². The molecule has 56 valence electrons. The molecule has 0 aliphatic heterocycles. The molecule has 0 atom stereocenters. The van der Waals surface area contributed by atoms with Crippen LogP contribution < -0.4 is 0 Å². The van der Waals surface area contributed by atoms with E-state index in [2.05, 4.69) is 6.92 Å². The number of hydrogen-bond acceptors (Lipinski definition) is 1. The fourth-order valence-electron chi connectivity index (χ4n) is 0.761. The van der Waals surface area contributed by atoms with E-state index in [-0.39, 0.29) is 4.65 Å². The lowest BCUT2D eigenvalue weighted by Gasteiger charge is -1.89. The Kier molecular flexibility index (Phi) is 7.01. The number of carbonyl (C=O) groups excluding carboxylic acids is 1. The van der Waals surface area contributed by atoms with Gasteiger partial charge in [0, 0.05) is 0 Å². The first-order valence-corrected chi connectivity index (χ1v) is 4.94. The summed E-state index contributed by atoms with van der Waals surface area (Å²) in [4.78, 5) is 10.5. The quantitative estimate of drug-likeness (QED) is 0.331. The van der Waals surface area contributed by atoms with Crippen LogP contribution in [0.5, 0.6) is 0 Å². The second kappa shape index (κ2) is 7.05. The van der Waals surface area contributed by atoms with Gasteiger partial charge in [0.1, 0.15) is 0 Å². The van der Waals surface area contributed by atoms with Crippen molar-refractivity contribution in [1.82, 2.24) is 0 Å². The Balaban J connectivity index is 3.10. The van der Waals surface area contributed by atoms with E-state index in [1.54, 1.807) is 6.08 Å². The summed E-state index contributed by atoms with van der Waals surface area (Å²) in [5, 5.41) is 0. The molecule has 0 N–H and O–H groups in total. The first-order chi connectivity index (χ1) is 4.77. The van der Waals surface area contributed by atoms with Crippen LogP contribution in [-0.2, 0) is 4.79 Å². The Bertz CT molecular complexity index is 118. The lowest BCUT2D eigenvalue weighted by atomic mass is 10.2. The summed E-state index contributed by atoms with van der Waals surface area (Å²) < 4.78 is 0.288. The lowest BCUT2D eigenvalue weighted by molar-refractivity contribution is -0.107. The largest absolute Gasteiger partial charge is 0.326 e. The lowest BCUT2D eigenvalue weighted by Crippen LogP contribution is -1.87. The molecule has 10 heavy (non-hydrogen) atoms. The van der Waals surface area contributed by atoms with Crippen molar-refractivity contribution in [3.05, 3.63) is 12.2 Å². The second-order valence-electron chi connectivity index (χ2n) is 2.51. The Labute approximate surface area is 70.9 Å². The van der Waals surface area contributed by atoms with Gasteiger partial charge in [-0.15, -0.1) is 0 Å². The Morgan fingerprint density at radius 2 is 2.20 bits per heavy atom. The average Bonchev–Trinajstić information content (AvgIpc) is 1.87. The van der Waals surface area contributed by atoms with Crippen LogP contribution in [0.1, 0.15) is 32.6 Å². The zero-order valence-electron chi connectivity index (χ0n) is 6.89. The van der Waals surface area contributed by atoms with Crippen molar-refractivity contribution in [3.8, 4) is 0 Å². The van der Waals surface area contributed by atoms with Crippen LogP contribution in [-0.4, -0.2) is 20.9 Å². The minimum Gasteiger partial charge on any atom is -0.317 e. The highest BCUT2D eigenvalue weighted by atomic mass is 27.0. The van der Waals surface area contributed by atoms with Crippen molar-refractivity contribution in [2.75, 3.05) is 0 Å². The van der Waals surface area contributed by atoms with E-state index in [0.29, 0.717) is 16.3 Å². The van der Waals surface area contributed by atoms with E-state index in [9.17, 15) is 4.79 Å². The summed E-state index contributed by atoms with van der Waals surface area (Å²) in [5.41, 5.74) is 0. The van der Waals surface area contributed by atoms with Crippen molar-refractivity contribution < 1.29 is 4.79 Å². The molecule has 0 aromatic rings. The molecule has 0 fully saturated rings. The monoisotopic (exact) mass is 154 g/mol. The molecule has 0 heterocycles. The van der Waals surface area contributed by atoms with Crippen molar-refractivity contribution in [1.29, 1.82) is 0 Å². The zero-order valence-corrected chi connectivity index (χ0v) is 8.89. The van der Waals surface area contributed by atoms with Crippen LogP contribution in [0.15, 0.2) is 12.2 Å². The fourth-order valence-corrected chi connectivity index (χ4v) is 0.997. The summed E-state index contributed by atoms with van der Waals surface area (Å²) in [7, 11) is 0. The molecule has 0 amide bonds. The van der Waals surface area contributed by atoms with Crippen LogP contribution in [0.2, 0.25) is 0 Å². The van der Waals surface area contributed by atoms with Gasteiger partial charge in [-0.2, -0.15) is 0 Å². The molecule has 0 aliphatic rings. The van der Waals surface area contributed by atoms with Crippen LogP contribution >= 0.6 is 0 Å². The Morgan fingerprint density at radius 3 is 2.70 bits per heavy atom. The molecular weight excluding hydrogens is 139 g/mol. The molecular formula is C8H15AlO. The SMILES string of the molecule is CCCCCC=C[C](=O)[AlH2]. The minimum absolute atomic E-state index is 0.288. The maximum atomic E-state index is 10.5. The highest BCUT2D eigenvalue weighted by Crippen LogP contribution is 1.98. The van der Waals surface area contributed by atoms with E-state index >= 15 is 0 Å². The number of allylic oxidation sites excluding steroid dienone is 2. The highest BCUT2D eigenvalue weighted by Gasteiger charge is 1.83. The second-order valence-corrected chi connectivity index (χ2v) is 3.49. The number of rotatable bonds is 5. The van der Waals surface area contributed by atoms with Gasteiger partial charge in [-0.05, 0) is 18.9 Å². The molecule has 0 spiro atoms. The molecule has 0 saturated heterocycles. The molecule has 0 aromatic carbocycles. The maximum Gasteiger partial charge on any atom is 0.326 e. The predicted octanol–water partition coefficient (Wildman–Crippen LogP) is 1.28. The zero-order chi connectivity index (χ0) is 7.82. The van der Waals surface area contributed by atoms with Crippen molar-refractivity contribution >= 4 is 20.9 Å². The molecule has 1 nitrogen and oxygen atoms in total. The number of carbonyl (C=O) groups is 1. The topological polar surface area (TPSA) is 17.1 Å². The third-order valence-corrected chi connectivity index (χ3v) is 1.66. The standard InChI is InChI=1S/C8H13O.Al.2H/c1-2-3-4-5-6-7-8-9;;;/h6-7H,2-5H2,1H3;;;. The van der Waals surface area contributed by atoms with E-state index < -0.39 is 0 Å². The molecule has 2 heteroatoms. The van der Waals surface area contributed by atoms with E-state index in [4.69, 9.17) is 0 Å². The summed E-state index contributed by atoms with van der Waals surface area (Å²) >= 11 is 0.663. The van der Waals surface area contributed by atoms with Crippen molar-refractivity contribution in [2.45, 2.75) is 32.6 Å². The molecule has 0 radical (unpaired) electrons.